The maximum Gasteiger partial charge on any atom is 0.256 e. The molecule has 0 bridgehead atoms. The number of amides is 1. The van der Waals surface area contributed by atoms with E-state index in [0.717, 1.165) is 16.9 Å². The van der Waals surface area contributed by atoms with Crippen molar-refractivity contribution >= 4 is 34.7 Å². The predicted molar refractivity (Wildman–Crippen MR) is 98.1 cm³/mol. The zero-order chi connectivity index (χ0) is 16.9. The fourth-order valence-electron chi connectivity index (χ4n) is 2.20. The van der Waals surface area contributed by atoms with Crippen LogP contribution >= 0.6 is 11.6 Å². The molecule has 0 saturated heterocycles. The molecule has 0 fully saturated rings. The van der Waals surface area contributed by atoms with Gasteiger partial charge in [0.05, 0.1) is 11.9 Å². The second kappa shape index (κ2) is 7.15. The Morgan fingerprint density at radius 1 is 1.00 bits per heavy atom. The first-order chi connectivity index (χ1) is 11.6. The number of para-hydroxylation sites is 1. The molecule has 1 aromatic heterocycles. The van der Waals surface area contributed by atoms with Crippen LogP contribution in [0.25, 0.3) is 0 Å². The van der Waals surface area contributed by atoms with Crippen LogP contribution in [-0.2, 0) is 0 Å². The van der Waals surface area contributed by atoms with E-state index in [1.807, 2.05) is 37.3 Å². The Bertz CT molecular complexity index is 845. The molecule has 0 unspecified atom stereocenters. The quantitative estimate of drug-likeness (QED) is 0.701. The van der Waals surface area contributed by atoms with E-state index >= 15 is 0 Å². The number of hydrogen-bond acceptors (Lipinski definition) is 3. The van der Waals surface area contributed by atoms with Gasteiger partial charge in [-0.25, -0.2) is 4.98 Å². The molecule has 0 saturated carbocycles. The Balaban J connectivity index is 1.67. The average molecular weight is 338 g/mol. The van der Waals surface area contributed by atoms with Gasteiger partial charge in [-0.1, -0.05) is 29.8 Å². The van der Waals surface area contributed by atoms with Gasteiger partial charge >= 0.3 is 0 Å². The van der Waals surface area contributed by atoms with Crippen LogP contribution in [0.1, 0.15) is 15.9 Å². The van der Waals surface area contributed by atoms with Gasteiger partial charge in [0.15, 0.2) is 0 Å². The van der Waals surface area contributed by atoms with Crippen molar-refractivity contribution in [2.45, 2.75) is 6.92 Å². The monoisotopic (exact) mass is 337 g/mol. The fourth-order valence-corrected chi connectivity index (χ4v) is 2.33. The summed E-state index contributed by atoms with van der Waals surface area (Å²) in [5, 5.41) is 6.65. The molecule has 4 nitrogen and oxygen atoms in total. The number of aryl methyl sites for hydroxylation is 1. The lowest BCUT2D eigenvalue weighted by Gasteiger charge is -2.10. The highest BCUT2D eigenvalue weighted by molar-refractivity contribution is 6.30. The summed E-state index contributed by atoms with van der Waals surface area (Å²) in [6.07, 6.45) is 1.68. The van der Waals surface area contributed by atoms with E-state index in [-0.39, 0.29) is 5.91 Å². The summed E-state index contributed by atoms with van der Waals surface area (Å²) < 4.78 is 0. The van der Waals surface area contributed by atoms with Crippen molar-refractivity contribution in [1.82, 2.24) is 4.98 Å². The van der Waals surface area contributed by atoms with Crippen LogP contribution in [0, 0.1) is 6.92 Å². The first-order valence-electron chi connectivity index (χ1n) is 7.47. The van der Waals surface area contributed by atoms with Gasteiger partial charge in [-0.05, 0) is 55.0 Å². The van der Waals surface area contributed by atoms with Crippen LogP contribution in [0.15, 0.2) is 66.9 Å². The van der Waals surface area contributed by atoms with Crippen molar-refractivity contribution in [3.8, 4) is 0 Å². The van der Waals surface area contributed by atoms with Gasteiger partial charge < -0.3 is 10.6 Å². The highest BCUT2D eigenvalue weighted by Gasteiger charge is 2.07. The maximum absolute atomic E-state index is 12.1. The summed E-state index contributed by atoms with van der Waals surface area (Å²) >= 11 is 5.82. The van der Waals surface area contributed by atoms with E-state index in [4.69, 9.17) is 11.6 Å². The Hall–Kier alpha value is -2.85. The van der Waals surface area contributed by atoms with E-state index in [0.29, 0.717) is 16.4 Å². The van der Waals surface area contributed by atoms with E-state index in [2.05, 4.69) is 15.6 Å². The van der Waals surface area contributed by atoms with Crippen molar-refractivity contribution in [3.05, 3.63) is 83.0 Å². The minimum absolute atomic E-state index is 0.223. The normalized spacial score (nSPS) is 10.2. The van der Waals surface area contributed by atoms with Crippen molar-refractivity contribution in [2.75, 3.05) is 10.6 Å². The number of carbonyl (C=O) groups excluding carboxylic acids is 1. The highest BCUT2D eigenvalue weighted by Crippen LogP contribution is 2.20. The molecule has 2 aromatic carbocycles. The lowest BCUT2D eigenvalue weighted by Crippen LogP contribution is -2.12. The topological polar surface area (TPSA) is 54.0 Å². The van der Waals surface area contributed by atoms with E-state index < -0.39 is 0 Å². The standard InChI is InChI=1S/C19H16ClN3O/c1-13-4-2-3-5-17(13)22-16-10-11-18(21-12-16)23-19(24)14-6-8-15(20)9-7-14/h2-12,22H,1H3,(H,21,23,24). The third-order valence-corrected chi connectivity index (χ3v) is 3.79. The van der Waals surface area contributed by atoms with Crippen LogP contribution in [0.5, 0.6) is 0 Å². The SMILES string of the molecule is Cc1ccccc1Nc1ccc(NC(=O)c2ccc(Cl)cc2)nc1. The van der Waals surface area contributed by atoms with Crippen LogP contribution in [-0.4, -0.2) is 10.9 Å². The van der Waals surface area contributed by atoms with Crippen molar-refractivity contribution in [1.29, 1.82) is 0 Å². The Morgan fingerprint density at radius 2 is 1.75 bits per heavy atom. The van der Waals surface area contributed by atoms with Gasteiger partial charge in [0, 0.05) is 16.3 Å². The molecule has 1 heterocycles. The molecule has 0 spiro atoms. The van der Waals surface area contributed by atoms with Crippen LogP contribution in [0.3, 0.4) is 0 Å². The van der Waals surface area contributed by atoms with Gasteiger partial charge in [-0.2, -0.15) is 0 Å². The van der Waals surface area contributed by atoms with Gasteiger partial charge in [-0.15, -0.1) is 0 Å². The smallest absolute Gasteiger partial charge is 0.256 e. The van der Waals surface area contributed by atoms with Gasteiger partial charge in [0.2, 0.25) is 0 Å². The van der Waals surface area contributed by atoms with E-state index in [9.17, 15) is 4.79 Å². The zero-order valence-electron chi connectivity index (χ0n) is 13.1. The number of aromatic nitrogens is 1. The number of anilines is 3. The number of halogens is 1. The molecule has 3 aromatic rings. The molecule has 0 aliphatic carbocycles. The van der Waals surface area contributed by atoms with E-state index in [1.54, 1.807) is 36.5 Å². The summed E-state index contributed by atoms with van der Waals surface area (Å²) in [6.45, 7) is 2.04. The molecule has 2 N–H and O–H groups in total. The molecule has 0 aliphatic heterocycles. The lowest BCUT2D eigenvalue weighted by atomic mass is 10.2. The van der Waals surface area contributed by atoms with Gasteiger partial charge in [-0.3, -0.25) is 4.79 Å². The third-order valence-electron chi connectivity index (χ3n) is 3.54. The molecular formula is C19H16ClN3O. The number of carbonyl (C=O) groups is 1. The summed E-state index contributed by atoms with van der Waals surface area (Å²) in [5.41, 5.74) is 3.56. The molecule has 0 radical (unpaired) electrons. The number of pyridine rings is 1. The highest BCUT2D eigenvalue weighted by atomic mass is 35.5. The van der Waals surface area contributed by atoms with Crippen molar-refractivity contribution in [2.24, 2.45) is 0 Å². The fraction of sp³-hybridized carbons (Fsp3) is 0.0526. The minimum Gasteiger partial charge on any atom is -0.354 e. The molecule has 24 heavy (non-hydrogen) atoms. The Labute approximate surface area is 145 Å². The largest absolute Gasteiger partial charge is 0.354 e. The second-order valence-electron chi connectivity index (χ2n) is 5.33. The van der Waals surface area contributed by atoms with Crippen LogP contribution < -0.4 is 10.6 Å². The van der Waals surface area contributed by atoms with Crippen LogP contribution in [0.4, 0.5) is 17.2 Å². The minimum atomic E-state index is -0.223. The van der Waals surface area contributed by atoms with Gasteiger partial charge in [0.25, 0.3) is 5.91 Å². The number of benzene rings is 2. The molecule has 0 atom stereocenters. The molecule has 0 aliphatic rings. The second-order valence-corrected chi connectivity index (χ2v) is 5.77. The molecule has 1 amide bonds. The maximum atomic E-state index is 12.1. The van der Waals surface area contributed by atoms with Crippen molar-refractivity contribution < 1.29 is 4.79 Å². The van der Waals surface area contributed by atoms with Crippen LogP contribution in [0.2, 0.25) is 5.02 Å². The summed E-state index contributed by atoms with van der Waals surface area (Å²) in [7, 11) is 0. The zero-order valence-corrected chi connectivity index (χ0v) is 13.8. The Kier molecular flexibility index (Phi) is 4.77. The molecule has 120 valence electrons. The van der Waals surface area contributed by atoms with Gasteiger partial charge in [0.1, 0.15) is 5.82 Å². The molecule has 3 rings (SSSR count). The summed E-state index contributed by atoms with van der Waals surface area (Å²) in [5.74, 6) is 0.268. The number of rotatable bonds is 4. The van der Waals surface area contributed by atoms with E-state index in [1.165, 1.54) is 0 Å². The predicted octanol–water partition coefficient (Wildman–Crippen LogP) is 5.04. The third kappa shape index (κ3) is 3.91. The lowest BCUT2D eigenvalue weighted by molar-refractivity contribution is 0.102. The number of nitrogens with one attached hydrogen (secondary N) is 2. The average Bonchev–Trinajstić information content (AvgIpc) is 2.59. The van der Waals surface area contributed by atoms with Crippen molar-refractivity contribution in [3.63, 3.8) is 0 Å². The first-order valence-corrected chi connectivity index (χ1v) is 7.85. The number of hydrogen-bond donors (Lipinski definition) is 2. The molecular weight excluding hydrogens is 322 g/mol. The number of nitrogens with zero attached hydrogens (tertiary/aromatic N) is 1. The Morgan fingerprint density at radius 3 is 2.42 bits per heavy atom. The summed E-state index contributed by atoms with van der Waals surface area (Å²) in [4.78, 5) is 16.4. The molecule has 5 heteroatoms. The summed E-state index contributed by atoms with van der Waals surface area (Å²) in [6, 6.07) is 18.3. The first kappa shape index (κ1) is 16.0.